The summed E-state index contributed by atoms with van der Waals surface area (Å²) in [5, 5.41) is 15.2. The predicted octanol–water partition coefficient (Wildman–Crippen LogP) is 3.61. The van der Waals surface area contributed by atoms with Gasteiger partial charge in [0.05, 0.1) is 12.6 Å². The Bertz CT molecular complexity index is 1070. The molecule has 0 saturated carbocycles. The lowest BCUT2D eigenvalue weighted by Crippen LogP contribution is -2.41. The first-order chi connectivity index (χ1) is 15.1. The van der Waals surface area contributed by atoms with E-state index in [1.54, 1.807) is 29.2 Å². The smallest absolute Gasteiger partial charge is 0.319 e. The van der Waals surface area contributed by atoms with Crippen molar-refractivity contribution in [2.24, 2.45) is 0 Å². The van der Waals surface area contributed by atoms with Gasteiger partial charge in [-0.05, 0) is 48.2 Å². The summed E-state index contributed by atoms with van der Waals surface area (Å²) in [4.78, 5) is 27.3. The van der Waals surface area contributed by atoms with Crippen molar-refractivity contribution in [1.29, 1.82) is 0 Å². The largest absolute Gasteiger partial charge is 0.394 e. The molecule has 158 valence electrons. The summed E-state index contributed by atoms with van der Waals surface area (Å²) in [5.41, 5.74) is 4.17. The first kappa shape index (κ1) is 20.6. The molecule has 0 saturated heterocycles. The van der Waals surface area contributed by atoms with Crippen LogP contribution in [0.3, 0.4) is 0 Å². The number of nitrogens with zero attached hydrogens (tertiary/aromatic N) is 1. The first-order valence-corrected chi connectivity index (χ1v) is 10.4. The van der Waals surface area contributed by atoms with Crippen molar-refractivity contribution in [3.63, 3.8) is 0 Å². The molecule has 0 spiro atoms. The molecule has 1 unspecified atom stereocenters. The summed E-state index contributed by atoms with van der Waals surface area (Å²) < 4.78 is 0. The number of carbonyl (C=O) groups excluding carboxylic acids is 2. The molecule has 1 aliphatic rings. The van der Waals surface area contributed by atoms with Gasteiger partial charge in [-0.1, -0.05) is 54.6 Å². The van der Waals surface area contributed by atoms with Gasteiger partial charge < -0.3 is 20.6 Å². The van der Waals surface area contributed by atoms with Crippen molar-refractivity contribution in [3.05, 3.63) is 95.6 Å². The van der Waals surface area contributed by atoms with Gasteiger partial charge >= 0.3 is 6.03 Å². The Balaban J connectivity index is 1.40. The van der Waals surface area contributed by atoms with Gasteiger partial charge in [-0.2, -0.15) is 0 Å². The summed E-state index contributed by atoms with van der Waals surface area (Å²) in [7, 11) is 0. The predicted molar refractivity (Wildman–Crippen MR) is 121 cm³/mol. The number of hydrogen-bond donors (Lipinski definition) is 3. The average molecular weight is 415 g/mol. The van der Waals surface area contributed by atoms with Crippen LogP contribution in [0.15, 0.2) is 78.9 Å². The maximum absolute atomic E-state index is 13.0. The monoisotopic (exact) mass is 415 g/mol. The zero-order valence-electron chi connectivity index (χ0n) is 17.1. The molecule has 3 aromatic carbocycles. The highest BCUT2D eigenvalue weighted by atomic mass is 16.3. The highest BCUT2D eigenvalue weighted by molar-refractivity contribution is 6.08. The maximum atomic E-state index is 13.0. The van der Waals surface area contributed by atoms with Crippen LogP contribution in [0.4, 0.5) is 16.2 Å². The van der Waals surface area contributed by atoms with E-state index in [0.29, 0.717) is 24.2 Å². The molecule has 6 nitrogen and oxygen atoms in total. The number of aliphatic hydroxyl groups is 1. The Labute approximate surface area is 181 Å². The number of para-hydroxylation sites is 1. The van der Waals surface area contributed by atoms with Crippen LogP contribution < -0.4 is 15.5 Å². The Hall–Kier alpha value is -3.64. The molecule has 0 bridgehead atoms. The van der Waals surface area contributed by atoms with E-state index in [9.17, 15) is 14.7 Å². The fraction of sp³-hybridized carbons (Fsp3) is 0.200. The number of aliphatic hydroxyl groups excluding tert-OH is 1. The minimum Gasteiger partial charge on any atom is -0.394 e. The lowest BCUT2D eigenvalue weighted by Gasteiger charge is -2.19. The van der Waals surface area contributed by atoms with Crippen LogP contribution in [0.2, 0.25) is 0 Å². The van der Waals surface area contributed by atoms with Crippen LogP contribution in [0, 0.1) is 0 Å². The summed E-state index contributed by atoms with van der Waals surface area (Å²) in [6, 6.07) is 23.6. The van der Waals surface area contributed by atoms with E-state index in [4.69, 9.17) is 0 Å². The molecule has 0 aliphatic carbocycles. The number of nitrogens with one attached hydrogen (secondary N) is 2. The van der Waals surface area contributed by atoms with Crippen molar-refractivity contribution < 1.29 is 14.7 Å². The zero-order valence-corrected chi connectivity index (χ0v) is 17.1. The van der Waals surface area contributed by atoms with Crippen molar-refractivity contribution in [2.75, 3.05) is 23.4 Å². The molecule has 3 aromatic rings. The number of urea groups is 1. The van der Waals surface area contributed by atoms with Gasteiger partial charge in [-0.25, -0.2) is 4.79 Å². The van der Waals surface area contributed by atoms with Gasteiger partial charge in [-0.15, -0.1) is 0 Å². The van der Waals surface area contributed by atoms with Gasteiger partial charge in [0.2, 0.25) is 0 Å². The third-order valence-electron chi connectivity index (χ3n) is 5.38. The molecule has 0 aromatic heterocycles. The second kappa shape index (κ2) is 9.45. The fourth-order valence-electron chi connectivity index (χ4n) is 3.85. The molecule has 1 aliphatic heterocycles. The molecule has 1 heterocycles. The zero-order chi connectivity index (χ0) is 21.6. The lowest BCUT2D eigenvalue weighted by molar-refractivity contribution is 0.0989. The van der Waals surface area contributed by atoms with Gasteiger partial charge in [0, 0.05) is 23.5 Å². The van der Waals surface area contributed by atoms with Gasteiger partial charge in [0.15, 0.2) is 0 Å². The Morgan fingerprint density at radius 2 is 1.74 bits per heavy atom. The van der Waals surface area contributed by atoms with E-state index in [1.807, 2.05) is 54.6 Å². The quantitative estimate of drug-likeness (QED) is 0.575. The van der Waals surface area contributed by atoms with E-state index in [2.05, 4.69) is 10.6 Å². The van der Waals surface area contributed by atoms with Crippen molar-refractivity contribution in [3.8, 4) is 0 Å². The van der Waals surface area contributed by atoms with E-state index in [0.717, 1.165) is 23.2 Å². The number of carbonyl (C=O) groups is 2. The number of fused-ring (bicyclic) bond motifs is 1. The molecule has 1 atom stereocenters. The Kier molecular flexibility index (Phi) is 6.29. The van der Waals surface area contributed by atoms with Crippen LogP contribution >= 0.6 is 0 Å². The maximum Gasteiger partial charge on any atom is 0.319 e. The van der Waals surface area contributed by atoms with Crippen LogP contribution in [0.5, 0.6) is 0 Å². The minimum absolute atomic E-state index is 0.0914. The third kappa shape index (κ3) is 4.92. The summed E-state index contributed by atoms with van der Waals surface area (Å²) in [5.74, 6) is -0.0914. The van der Waals surface area contributed by atoms with Gasteiger partial charge in [0.25, 0.3) is 5.91 Å². The van der Waals surface area contributed by atoms with E-state index in [-0.39, 0.29) is 12.5 Å². The molecular formula is C25H25N3O3. The summed E-state index contributed by atoms with van der Waals surface area (Å²) in [6.07, 6.45) is 1.36. The second-order valence-electron chi connectivity index (χ2n) is 7.58. The van der Waals surface area contributed by atoms with Crippen LogP contribution in [-0.4, -0.2) is 36.2 Å². The van der Waals surface area contributed by atoms with Gasteiger partial charge in [0.1, 0.15) is 0 Å². The first-order valence-electron chi connectivity index (χ1n) is 10.4. The molecule has 4 rings (SSSR count). The SMILES string of the molecule is O=C(Nc1cccc(C(=O)N2CCc3ccccc32)c1)NC(CO)Cc1ccccc1. The summed E-state index contributed by atoms with van der Waals surface area (Å²) in [6.45, 7) is 0.475. The molecule has 3 amide bonds. The van der Waals surface area contributed by atoms with Gasteiger partial charge in [-0.3, -0.25) is 4.79 Å². The molecule has 3 N–H and O–H groups in total. The lowest BCUT2D eigenvalue weighted by atomic mass is 10.1. The van der Waals surface area contributed by atoms with Crippen LogP contribution in [0.25, 0.3) is 0 Å². The van der Waals surface area contributed by atoms with Crippen LogP contribution in [-0.2, 0) is 12.8 Å². The Morgan fingerprint density at radius 3 is 2.55 bits per heavy atom. The van der Waals surface area contributed by atoms with E-state index in [1.165, 1.54) is 0 Å². The normalized spacial score (nSPS) is 13.4. The average Bonchev–Trinajstić information content (AvgIpc) is 3.23. The van der Waals surface area contributed by atoms with Crippen molar-refractivity contribution >= 4 is 23.3 Å². The topological polar surface area (TPSA) is 81.7 Å². The highest BCUT2D eigenvalue weighted by Crippen LogP contribution is 2.29. The minimum atomic E-state index is -0.425. The number of rotatable bonds is 6. The number of hydrogen-bond acceptors (Lipinski definition) is 3. The molecule has 0 fully saturated rings. The molecular weight excluding hydrogens is 390 g/mol. The van der Waals surface area contributed by atoms with E-state index < -0.39 is 12.1 Å². The summed E-state index contributed by atoms with van der Waals surface area (Å²) >= 11 is 0. The number of benzene rings is 3. The van der Waals surface area contributed by atoms with Crippen molar-refractivity contribution in [2.45, 2.75) is 18.9 Å². The molecule has 6 heteroatoms. The highest BCUT2D eigenvalue weighted by Gasteiger charge is 2.25. The fourth-order valence-corrected chi connectivity index (χ4v) is 3.85. The van der Waals surface area contributed by atoms with E-state index >= 15 is 0 Å². The van der Waals surface area contributed by atoms with Crippen LogP contribution in [0.1, 0.15) is 21.5 Å². The van der Waals surface area contributed by atoms with Crippen molar-refractivity contribution in [1.82, 2.24) is 5.32 Å². The second-order valence-corrected chi connectivity index (χ2v) is 7.58. The third-order valence-corrected chi connectivity index (χ3v) is 5.38. The number of amides is 3. The number of anilines is 2. The Morgan fingerprint density at radius 1 is 0.968 bits per heavy atom. The standard InChI is InChI=1S/C25H25N3O3/c29-17-22(15-18-7-2-1-3-8-18)27-25(31)26-21-11-6-10-20(16-21)24(30)28-14-13-19-9-4-5-12-23(19)28/h1-12,16,22,29H,13-15,17H2,(H2,26,27,31). The molecule has 31 heavy (non-hydrogen) atoms. The molecule has 0 radical (unpaired) electrons.